The van der Waals surface area contributed by atoms with Crippen LogP contribution in [0.3, 0.4) is 0 Å². The largest absolute Gasteiger partial charge is 0.416 e. The van der Waals surface area contributed by atoms with Crippen molar-refractivity contribution in [1.82, 2.24) is 5.32 Å². The molecule has 0 heterocycles. The molecule has 1 fully saturated rings. The Morgan fingerprint density at radius 3 is 2.70 bits per heavy atom. The Morgan fingerprint density at radius 2 is 2.05 bits per heavy atom. The van der Waals surface area contributed by atoms with E-state index >= 15 is 0 Å². The Morgan fingerprint density at radius 1 is 1.30 bits per heavy atom. The molecule has 0 bridgehead atoms. The van der Waals surface area contributed by atoms with Crippen LogP contribution in [-0.2, 0) is 12.7 Å². The zero-order valence-corrected chi connectivity index (χ0v) is 12.0. The van der Waals surface area contributed by atoms with Crippen molar-refractivity contribution in [2.75, 3.05) is 6.26 Å². The van der Waals surface area contributed by atoms with Crippen molar-refractivity contribution in [3.8, 4) is 0 Å². The predicted octanol–water partition coefficient (Wildman–Crippen LogP) is 4.22. The van der Waals surface area contributed by atoms with Crippen molar-refractivity contribution in [1.29, 1.82) is 0 Å². The highest BCUT2D eigenvalue weighted by Gasteiger charge is 2.34. The molecular weight excluding hydrogens is 290 g/mol. The lowest BCUT2D eigenvalue weighted by atomic mass is 10.1. The second kappa shape index (κ2) is 6.35. The number of alkyl halides is 3. The molecule has 2 rings (SSSR count). The van der Waals surface area contributed by atoms with Crippen LogP contribution in [0.2, 0.25) is 0 Å². The number of thioether (sulfide) groups is 1. The van der Waals surface area contributed by atoms with E-state index < -0.39 is 17.6 Å². The number of halogens is 4. The van der Waals surface area contributed by atoms with E-state index in [9.17, 15) is 17.6 Å². The molecule has 2 unspecified atom stereocenters. The summed E-state index contributed by atoms with van der Waals surface area (Å²) in [5, 5.41) is 3.64. The number of hydrogen-bond donors (Lipinski definition) is 1. The van der Waals surface area contributed by atoms with Crippen LogP contribution >= 0.6 is 11.8 Å². The van der Waals surface area contributed by atoms with Crippen molar-refractivity contribution in [3.63, 3.8) is 0 Å². The molecule has 0 saturated heterocycles. The monoisotopic (exact) mass is 307 g/mol. The SMILES string of the molecule is CSC1CCCC1NCc1ccc(F)cc1C(F)(F)F. The lowest BCUT2D eigenvalue weighted by molar-refractivity contribution is -0.138. The maximum absolute atomic E-state index is 13.0. The van der Waals surface area contributed by atoms with Crippen LogP contribution in [0.15, 0.2) is 18.2 Å². The van der Waals surface area contributed by atoms with Crippen LogP contribution in [0.4, 0.5) is 17.6 Å². The van der Waals surface area contributed by atoms with Gasteiger partial charge in [-0.15, -0.1) is 0 Å². The van der Waals surface area contributed by atoms with Crippen molar-refractivity contribution in [2.24, 2.45) is 0 Å². The van der Waals surface area contributed by atoms with Crippen LogP contribution in [0, 0.1) is 5.82 Å². The highest BCUT2D eigenvalue weighted by atomic mass is 32.2. The zero-order valence-electron chi connectivity index (χ0n) is 11.1. The highest BCUT2D eigenvalue weighted by Crippen LogP contribution is 2.33. The molecule has 0 aliphatic heterocycles. The van der Waals surface area contributed by atoms with E-state index in [1.165, 1.54) is 6.07 Å². The molecule has 1 aliphatic rings. The van der Waals surface area contributed by atoms with Gasteiger partial charge in [0.1, 0.15) is 5.82 Å². The molecule has 1 saturated carbocycles. The van der Waals surface area contributed by atoms with Gasteiger partial charge in [-0.2, -0.15) is 24.9 Å². The predicted molar refractivity (Wildman–Crippen MR) is 73.2 cm³/mol. The number of hydrogen-bond acceptors (Lipinski definition) is 2. The van der Waals surface area contributed by atoms with Crippen molar-refractivity contribution < 1.29 is 17.6 Å². The molecule has 0 spiro atoms. The Bertz CT molecular complexity index is 461. The third kappa shape index (κ3) is 3.67. The molecule has 1 aromatic rings. The first kappa shape index (κ1) is 15.6. The number of rotatable bonds is 4. The van der Waals surface area contributed by atoms with Crippen molar-refractivity contribution in [3.05, 3.63) is 35.1 Å². The van der Waals surface area contributed by atoms with E-state index in [1.54, 1.807) is 11.8 Å². The van der Waals surface area contributed by atoms with Gasteiger partial charge in [0.05, 0.1) is 5.56 Å². The van der Waals surface area contributed by atoms with E-state index in [0.29, 0.717) is 11.3 Å². The zero-order chi connectivity index (χ0) is 14.8. The molecule has 1 aromatic carbocycles. The van der Waals surface area contributed by atoms with Crippen LogP contribution in [0.5, 0.6) is 0 Å². The highest BCUT2D eigenvalue weighted by molar-refractivity contribution is 7.99. The van der Waals surface area contributed by atoms with Gasteiger partial charge in [-0.25, -0.2) is 4.39 Å². The minimum Gasteiger partial charge on any atom is -0.309 e. The van der Waals surface area contributed by atoms with E-state index in [0.717, 1.165) is 25.3 Å². The molecule has 6 heteroatoms. The number of nitrogens with one attached hydrogen (secondary N) is 1. The van der Waals surface area contributed by atoms with E-state index in [-0.39, 0.29) is 18.2 Å². The van der Waals surface area contributed by atoms with Crippen LogP contribution in [0.25, 0.3) is 0 Å². The summed E-state index contributed by atoms with van der Waals surface area (Å²) < 4.78 is 51.6. The molecule has 1 N–H and O–H groups in total. The van der Waals surface area contributed by atoms with Gasteiger partial charge >= 0.3 is 6.18 Å². The second-order valence-corrected chi connectivity index (χ2v) is 6.07. The molecule has 0 amide bonds. The fourth-order valence-corrected chi connectivity index (χ4v) is 3.61. The molecule has 112 valence electrons. The molecular formula is C14H17F4NS. The summed E-state index contributed by atoms with van der Waals surface area (Å²) in [6, 6.07) is 3.09. The average molecular weight is 307 g/mol. The Hall–Kier alpha value is -0.750. The summed E-state index contributed by atoms with van der Waals surface area (Å²) in [6.45, 7) is 0.122. The standard InChI is InChI=1S/C14H17F4NS/c1-20-13-4-2-3-12(13)19-8-9-5-6-10(15)7-11(9)14(16,17)18/h5-7,12-13,19H,2-4,8H2,1H3. The van der Waals surface area contributed by atoms with E-state index in [4.69, 9.17) is 0 Å². The third-order valence-electron chi connectivity index (χ3n) is 3.69. The molecule has 0 radical (unpaired) electrons. The Kier molecular flexibility index (Phi) is 4.96. The number of benzene rings is 1. The molecule has 1 nitrogen and oxygen atoms in total. The minimum atomic E-state index is -4.52. The van der Waals surface area contributed by atoms with Gasteiger partial charge in [0.2, 0.25) is 0 Å². The van der Waals surface area contributed by atoms with Crippen LogP contribution < -0.4 is 5.32 Å². The molecule has 1 aliphatic carbocycles. The summed E-state index contributed by atoms with van der Waals surface area (Å²) in [6.07, 6.45) is 0.665. The fourth-order valence-electron chi connectivity index (χ4n) is 2.65. The van der Waals surface area contributed by atoms with E-state index in [1.807, 2.05) is 6.26 Å². The molecule has 2 atom stereocenters. The van der Waals surface area contributed by atoms with E-state index in [2.05, 4.69) is 5.32 Å². The topological polar surface area (TPSA) is 12.0 Å². The van der Waals surface area contributed by atoms with Gasteiger partial charge < -0.3 is 5.32 Å². The van der Waals surface area contributed by atoms with Crippen molar-refractivity contribution in [2.45, 2.75) is 43.3 Å². The first-order valence-corrected chi connectivity index (χ1v) is 7.82. The first-order valence-electron chi connectivity index (χ1n) is 6.53. The lowest BCUT2D eigenvalue weighted by Crippen LogP contribution is -2.34. The van der Waals surface area contributed by atoms with Gasteiger partial charge in [0, 0.05) is 17.8 Å². The van der Waals surface area contributed by atoms with Gasteiger partial charge in [-0.05, 0) is 36.8 Å². The second-order valence-electron chi connectivity index (χ2n) is 4.99. The fraction of sp³-hybridized carbons (Fsp3) is 0.571. The van der Waals surface area contributed by atoms with Gasteiger partial charge in [-0.3, -0.25) is 0 Å². The van der Waals surface area contributed by atoms with Gasteiger partial charge in [0.25, 0.3) is 0 Å². The average Bonchev–Trinajstić information content (AvgIpc) is 2.83. The summed E-state index contributed by atoms with van der Waals surface area (Å²) in [4.78, 5) is 0. The maximum atomic E-state index is 13.0. The Labute approximate surface area is 120 Å². The summed E-state index contributed by atoms with van der Waals surface area (Å²) in [5.74, 6) is -0.857. The van der Waals surface area contributed by atoms with Gasteiger partial charge in [-0.1, -0.05) is 12.5 Å². The Balaban J connectivity index is 2.09. The first-order chi connectivity index (χ1) is 9.41. The molecule has 0 aromatic heterocycles. The summed E-state index contributed by atoms with van der Waals surface area (Å²) in [7, 11) is 0. The normalized spacial score (nSPS) is 23.2. The minimum absolute atomic E-state index is 0.102. The maximum Gasteiger partial charge on any atom is 0.416 e. The molecule has 20 heavy (non-hydrogen) atoms. The summed E-state index contributed by atoms with van der Waals surface area (Å²) >= 11 is 1.74. The smallest absolute Gasteiger partial charge is 0.309 e. The van der Waals surface area contributed by atoms with Gasteiger partial charge in [0.15, 0.2) is 0 Å². The third-order valence-corrected chi connectivity index (χ3v) is 4.86. The van der Waals surface area contributed by atoms with Crippen LogP contribution in [0.1, 0.15) is 30.4 Å². The summed E-state index contributed by atoms with van der Waals surface area (Å²) in [5.41, 5.74) is -0.783. The van der Waals surface area contributed by atoms with Crippen molar-refractivity contribution >= 4 is 11.8 Å². The quantitative estimate of drug-likeness (QED) is 0.836. The van der Waals surface area contributed by atoms with Crippen LogP contribution in [-0.4, -0.2) is 17.5 Å². The lowest BCUT2D eigenvalue weighted by Gasteiger charge is -2.20.